The molecule has 0 spiro atoms. The lowest BCUT2D eigenvalue weighted by Crippen LogP contribution is -2.36. The van der Waals surface area contributed by atoms with Crippen molar-refractivity contribution in [3.05, 3.63) is 64.1 Å². The number of rotatable bonds is 3. The molecular weight excluding hydrogens is 402 g/mol. The van der Waals surface area contributed by atoms with E-state index in [-0.39, 0.29) is 5.92 Å². The fourth-order valence-corrected chi connectivity index (χ4v) is 4.37. The van der Waals surface area contributed by atoms with E-state index in [1.54, 1.807) is 0 Å². The summed E-state index contributed by atoms with van der Waals surface area (Å²) in [6, 6.07) is 18.2. The summed E-state index contributed by atoms with van der Waals surface area (Å²) in [6.07, 6.45) is 1.94. The zero-order valence-electron chi connectivity index (χ0n) is 15.1. The van der Waals surface area contributed by atoms with Gasteiger partial charge in [-0.25, -0.2) is 0 Å². The molecule has 1 amide bonds. The highest BCUT2D eigenvalue weighted by Gasteiger charge is 2.45. The highest BCUT2D eigenvalue weighted by Crippen LogP contribution is 2.49. The number of halogens is 1. The standard InChI is InChI=1S/C22H22BrN3O/c23-18-4-1-3-17(13-18)20-14-21(20)22(27)26-10-2-9-25(11-12-26)19-7-5-16(15-24)6-8-19/h1,3-8,13,20-21H,2,9-12,14H2. The number of carbonyl (C=O) groups excluding carboxylic acids is 1. The zero-order valence-corrected chi connectivity index (χ0v) is 16.7. The van der Waals surface area contributed by atoms with Crippen molar-refractivity contribution < 1.29 is 4.79 Å². The van der Waals surface area contributed by atoms with E-state index in [0.29, 0.717) is 17.4 Å². The summed E-state index contributed by atoms with van der Waals surface area (Å²) in [5, 5.41) is 8.95. The van der Waals surface area contributed by atoms with Crippen LogP contribution >= 0.6 is 15.9 Å². The van der Waals surface area contributed by atoms with Crippen LogP contribution in [0.2, 0.25) is 0 Å². The van der Waals surface area contributed by atoms with Crippen LogP contribution in [0, 0.1) is 17.2 Å². The Bertz CT molecular complexity index is 874. The topological polar surface area (TPSA) is 47.3 Å². The molecule has 2 unspecified atom stereocenters. The van der Waals surface area contributed by atoms with E-state index in [0.717, 1.165) is 49.2 Å². The van der Waals surface area contributed by atoms with Crippen LogP contribution in [0.1, 0.15) is 29.9 Å². The summed E-state index contributed by atoms with van der Waals surface area (Å²) >= 11 is 3.52. The molecule has 1 saturated carbocycles. The number of hydrogen-bond donors (Lipinski definition) is 0. The van der Waals surface area contributed by atoms with Gasteiger partial charge < -0.3 is 9.80 Å². The normalized spacial score (nSPS) is 22.1. The Balaban J connectivity index is 1.37. The fourth-order valence-electron chi connectivity index (χ4n) is 3.95. The monoisotopic (exact) mass is 423 g/mol. The summed E-state index contributed by atoms with van der Waals surface area (Å²) in [6.45, 7) is 3.37. The molecule has 1 aliphatic carbocycles. The number of amides is 1. The van der Waals surface area contributed by atoms with Crippen molar-refractivity contribution in [2.75, 3.05) is 31.1 Å². The lowest BCUT2D eigenvalue weighted by molar-refractivity contribution is -0.132. The smallest absolute Gasteiger partial charge is 0.226 e. The van der Waals surface area contributed by atoms with Gasteiger partial charge in [-0.2, -0.15) is 5.26 Å². The average molecular weight is 424 g/mol. The van der Waals surface area contributed by atoms with Gasteiger partial charge in [0.05, 0.1) is 11.6 Å². The number of nitriles is 1. The molecule has 1 heterocycles. The largest absolute Gasteiger partial charge is 0.370 e. The number of benzene rings is 2. The van der Waals surface area contributed by atoms with E-state index < -0.39 is 0 Å². The van der Waals surface area contributed by atoms with E-state index in [9.17, 15) is 4.79 Å². The van der Waals surface area contributed by atoms with E-state index in [2.05, 4.69) is 39.0 Å². The molecule has 0 bridgehead atoms. The van der Waals surface area contributed by atoms with E-state index in [1.165, 1.54) is 5.56 Å². The molecule has 0 aromatic heterocycles. The zero-order chi connectivity index (χ0) is 18.8. The third-order valence-corrected chi connectivity index (χ3v) is 6.05. The van der Waals surface area contributed by atoms with Crippen molar-refractivity contribution >= 4 is 27.5 Å². The van der Waals surface area contributed by atoms with Crippen molar-refractivity contribution in [3.8, 4) is 6.07 Å². The molecule has 4 rings (SSSR count). The second-order valence-electron chi connectivity index (χ2n) is 7.33. The van der Waals surface area contributed by atoms with Crippen molar-refractivity contribution in [1.82, 2.24) is 4.90 Å². The molecule has 0 N–H and O–H groups in total. The predicted molar refractivity (Wildman–Crippen MR) is 110 cm³/mol. The SMILES string of the molecule is N#Cc1ccc(N2CCCN(C(=O)C3CC3c3cccc(Br)c3)CC2)cc1. The minimum Gasteiger partial charge on any atom is -0.370 e. The molecule has 5 heteroatoms. The molecule has 2 aromatic carbocycles. The molecule has 4 nitrogen and oxygen atoms in total. The molecule has 1 saturated heterocycles. The third-order valence-electron chi connectivity index (χ3n) is 5.55. The van der Waals surface area contributed by atoms with Crippen LogP contribution in [0.3, 0.4) is 0 Å². The average Bonchev–Trinajstić information content (AvgIpc) is 3.51. The number of anilines is 1. The molecule has 2 fully saturated rings. The molecule has 2 aliphatic rings. The Morgan fingerprint density at radius 1 is 1.07 bits per heavy atom. The van der Waals surface area contributed by atoms with Gasteiger partial charge in [-0.1, -0.05) is 28.1 Å². The van der Waals surface area contributed by atoms with E-state index in [4.69, 9.17) is 5.26 Å². The van der Waals surface area contributed by atoms with Crippen LogP contribution in [0.15, 0.2) is 53.0 Å². The first-order valence-electron chi connectivity index (χ1n) is 9.45. The van der Waals surface area contributed by atoms with Crippen LogP contribution in [-0.2, 0) is 4.79 Å². The third kappa shape index (κ3) is 4.01. The molecule has 2 aromatic rings. The molecule has 0 radical (unpaired) electrons. The summed E-state index contributed by atoms with van der Waals surface area (Å²) < 4.78 is 1.07. The summed E-state index contributed by atoms with van der Waals surface area (Å²) in [5.74, 6) is 0.815. The number of nitrogens with zero attached hydrogens (tertiary/aromatic N) is 3. The van der Waals surface area contributed by atoms with E-state index in [1.807, 2.05) is 41.3 Å². The van der Waals surface area contributed by atoms with Gasteiger partial charge in [0.1, 0.15) is 0 Å². The highest BCUT2D eigenvalue weighted by atomic mass is 79.9. The Hall–Kier alpha value is -2.32. The maximum atomic E-state index is 13.0. The van der Waals surface area contributed by atoms with Gasteiger partial charge in [-0.3, -0.25) is 4.79 Å². The molecule has 27 heavy (non-hydrogen) atoms. The number of hydrogen-bond acceptors (Lipinski definition) is 3. The predicted octanol–water partition coefficient (Wildman–Crippen LogP) is 4.16. The van der Waals surface area contributed by atoms with Crippen molar-refractivity contribution in [2.45, 2.75) is 18.8 Å². The van der Waals surface area contributed by atoms with Crippen molar-refractivity contribution in [3.63, 3.8) is 0 Å². The molecular formula is C22H22BrN3O. The minimum absolute atomic E-state index is 0.140. The van der Waals surface area contributed by atoms with Gasteiger partial charge in [-0.05, 0) is 60.7 Å². The fraction of sp³-hybridized carbons (Fsp3) is 0.364. The summed E-state index contributed by atoms with van der Waals surface area (Å²) in [7, 11) is 0. The van der Waals surface area contributed by atoms with Gasteiger partial charge in [0.15, 0.2) is 0 Å². The van der Waals surface area contributed by atoms with E-state index >= 15 is 0 Å². The van der Waals surface area contributed by atoms with Crippen LogP contribution in [0.5, 0.6) is 0 Å². The van der Waals surface area contributed by atoms with Gasteiger partial charge in [0.2, 0.25) is 5.91 Å². The Morgan fingerprint density at radius 2 is 1.89 bits per heavy atom. The van der Waals surface area contributed by atoms with Crippen LogP contribution < -0.4 is 4.90 Å². The maximum Gasteiger partial charge on any atom is 0.226 e. The van der Waals surface area contributed by atoms with Crippen molar-refractivity contribution in [2.24, 2.45) is 5.92 Å². The number of carbonyl (C=O) groups is 1. The van der Waals surface area contributed by atoms with Gasteiger partial charge in [0, 0.05) is 42.3 Å². The minimum atomic E-state index is 0.140. The lowest BCUT2D eigenvalue weighted by atomic mass is 10.1. The van der Waals surface area contributed by atoms with Crippen LogP contribution in [-0.4, -0.2) is 37.0 Å². The summed E-state index contributed by atoms with van der Waals surface area (Å²) in [4.78, 5) is 17.3. The summed E-state index contributed by atoms with van der Waals surface area (Å²) in [5.41, 5.74) is 3.07. The lowest BCUT2D eigenvalue weighted by Gasteiger charge is -2.24. The van der Waals surface area contributed by atoms with Crippen LogP contribution in [0.25, 0.3) is 0 Å². The van der Waals surface area contributed by atoms with Gasteiger partial charge in [0.25, 0.3) is 0 Å². The van der Waals surface area contributed by atoms with Gasteiger partial charge >= 0.3 is 0 Å². The first kappa shape index (κ1) is 18.1. The first-order chi connectivity index (χ1) is 13.2. The highest BCUT2D eigenvalue weighted by molar-refractivity contribution is 9.10. The second-order valence-corrected chi connectivity index (χ2v) is 8.24. The Labute approximate surface area is 168 Å². The molecule has 138 valence electrons. The second kappa shape index (κ2) is 7.74. The van der Waals surface area contributed by atoms with Crippen LogP contribution in [0.4, 0.5) is 5.69 Å². The first-order valence-corrected chi connectivity index (χ1v) is 10.2. The molecule has 1 aliphatic heterocycles. The maximum absolute atomic E-state index is 13.0. The Kier molecular flexibility index (Phi) is 5.18. The van der Waals surface area contributed by atoms with Crippen molar-refractivity contribution in [1.29, 1.82) is 5.26 Å². The van der Waals surface area contributed by atoms with Gasteiger partial charge in [-0.15, -0.1) is 0 Å². The Morgan fingerprint density at radius 3 is 2.63 bits per heavy atom. The molecule has 2 atom stereocenters. The quantitative estimate of drug-likeness (QED) is 0.744.